The molecule has 2 heteroatoms. The Balaban J connectivity index is 2.08. The quantitative estimate of drug-likeness (QED) is 0.698. The second kappa shape index (κ2) is 7.24. The minimum atomic E-state index is 0.648. The third kappa shape index (κ3) is 5.53. The monoisotopic (exact) mass is 212 g/mol. The number of hydrogen-bond acceptors (Lipinski definition) is 2. The lowest BCUT2D eigenvalue weighted by molar-refractivity contribution is 0.285. The van der Waals surface area contributed by atoms with Crippen LogP contribution in [-0.2, 0) is 0 Å². The number of hydrogen-bond donors (Lipinski definition) is 1. The van der Waals surface area contributed by atoms with E-state index in [-0.39, 0.29) is 0 Å². The van der Waals surface area contributed by atoms with Gasteiger partial charge in [-0.25, -0.2) is 0 Å². The van der Waals surface area contributed by atoms with Gasteiger partial charge < -0.3 is 10.2 Å². The highest BCUT2D eigenvalue weighted by Gasteiger charge is 2.15. The molecule has 0 aromatic carbocycles. The van der Waals surface area contributed by atoms with Crippen LogP contribution in [0.25, 0.3) is 0 Å². The maximum Gasteiger partial charge on any atom is 0.0169 e. The van der Waals surface area contributed by atoms with E-state index in [1.807, 2.05) is 0 Å². The molecular formula is C13H28N2. The van der Waals surface area contributed by atoms with Gasteiger partial charge in [-0.1, -0.05) is 19.8 Å². The summed E-state index contributed by atoms with van der Waals surface area (Å²) < 4.78 is 0. The molecule has 0 radical (unpaired) electrons. The lowest BCUT2D eigenvalue weighted by atomic mass is 10.1. The van der Waals surface area contributed by atoms with Crippen LogP contribution in [0, 0.1) is 0 Å². The third-order valence-electron chi connectivity index (χ3n) is 3.29. The zero-order valence-electron chi connectivity index (χ0n) is 10.8. The molecule has 90 valence electrons. The molecule has 0 aliphatic carbocycles. The summed E-state index contributed by atoms with van der Waals surface area (Å²) in [6, 6.07) is 1.33. The van der Waals surface area contributed by atoms with Crippen molar-refractivity contribution in [2.45, 2.75) is 65.0 Å². The molecule has 0 aromatic heterocycles. The number of rotatable bonds is 7. The number of likely N-dealkylation sites (tertiary alicyclic amines) is 1. The minimum absolute atomic E-state index is 0.648. The Hall–Kier alpha value is -0.0800. The van der Waals surface area contributed by atoms with E-state index in [0.29, 0.717) is 12.1 Å². The van der Waals surface area contributed by atoms with Crippen molar-refractivity contribution in [1.29, 1.82) is 0 Å². The first-order valence-electron chi connectivity index (χ1n) is 6.70. The first-order chi connectivity index (χ1) is 7.22. The number of unbranched alkanes of at least 4 members (excludes halogenated alkanes) is 1. The SMILES string of the molecule is CCCCC(C)NC(C)CN1CCCC1. The molecule has 1 fully saturated rings. The molecule has 1 aliphatic rings. The fraction of sp³-hybridized carbons (Fsp3) is 1.00. The van der Waals surface area contributed by atoms with Gasteiger partial charge >= 0.3 is 0 Å². The Kier molecular flexibility index (Phi) is 6.26. The maximum atomic E-state index is 3.70. The van der Waals surface area contributed by atoms with Crippen molar-refractivity contribution < 1.29 is 0 Å². The summed E-state index contributed by atoms with van der Waals surface area (Å²) in [4.78, 5) is 2.59. The van der Waals surface area contributed by atoms with Gasteiger partial charge in [-0.05, 0) is 46.2 Å². The summed E-state index contributed by atoms with van der Waals surface area (Å²) in [6.45, 7) is 10.8. The van der Waals surface area contributed by atoms with E-state index in [4.69, 9.17) is 0 Å². The predicted molar refractivity (Wildman–Crippen MR) is 67.3 cm³/mol. The molecule has 0 bridgehead atoms. The second-order valence-corrected chi connectivity index (χ2v) is 5.12. The van der Waals surface area contributed by atoms with Gasteiger partial charge in [-0.15, -0.1) is 0 Å². The Bertz CT molecular complexity index is 153. The van der Waals surface area contributed by atoms with Crippen molar-refractivity contribution in [2.75, 3.05) is 19.6 Å². The summed E-state index contributed by atoms with van der Waals surface area (Å²) in [6.07, 6.45) is 6.79. The van der Waals surface area contributed by atoms with Crippen molar-refractivity contribution in [3.05, 3.63) is 0 Å². The van der Waals surface area contributed by atoms with Crippen molar-refractivity contribution in [3.8, 4) is 0 Å². The van der Waals surface area contributed by atoms with Crippen molar-refractivity contribution in [1.82, 2.24) is 10.2 Å². The van der Waals surface area contributed by atoms with Gasteiger partial charge in [0.2, 0.25) is 0 Å². The third-order valence-corrected chi connectivity index (χ3v) is 3.29. The predicted octanol–water partition coefficient (Wildman–Crippen LogP) is 2.64. The average molecular weight is 212 g/mol. The highest BCUT2D eigenvalue weighted by atomic mass is 15.2. The largest absolute Gasteiger partial charge is 0.311 e. The highest BCUT2D eigenvalue weighted by Crippen LogP contribution is 2.08. The molecule has 1 rings (SSSR count). The first kappa shape index (κ1) is 13.0. The van der Waals surface area contributed by atoms with Gasteiger partial charge in [0.15, 0.2) is 0 Å². The standard InChI is InChI=1S/C13H28N2/c1-4-5-8-12(2)14-13(3)11-15-9-6-7-10-15/h12-14H,4-11H2,1-3H3. The summed E-state index contributed by atoms with van der Waals surface area (Å²) in [5.74, 6) is 0. The van der Waals surface area contributed by atoms with Crippen LogP contribution < -0.4 is 5.32 Å². The van der Waals surface area contributed by atoms with Gasteiger partial charge in [-0.2, -0.15) is 0 Å². The molecule has 1 N–H and O–H groups in total. The van der Waals surface area contributed by atoms with Crippen molar-refractivity contribution in [2.24, 2.45) is 0 Å². The van der Waals surface area contributed by atoms with E-state index in [1.54, 1.807) is 0 Å². The van der Waals surface area contributed by atoms with Crippen LogP contribution in [0.5, 0.6) is 0 Å². The lowest BCUT2D eigenvalue weighted by Gasteiger charge is -2.24. The van der Waals surface area contributed by atoms with Gasteiger partial charge in [-0.3, -0.25) is 0 Å². The van der Waals surface area contributed by atoms with Crippen LogP contribution >= 0.6 is 0 Å². The van der Waals surface area contributed by atoms with Crippen LogP contribution in [0.15, 0.2) is 0 Å². The summed E-state index contributed by atoms with van der Waals surface area (Å²) in [5, 5.41) is 3.70. The Morgan fingerprint density at radius 2 is 1.80 bits per heavy atom. The summed E-state index contributed by atoms with van der Waals surface area (Å²) in [7, 11) is 0. The van der Waals surface area contributed by atoms with Crippen molar-refractivity contribution in [3.63, 3.8) is 0 Å². The van der Waals surface area contributed by atoms with E-state index in [0.717, 1.165) is 0 Å². The van der Waals surface area contributed by atoms with E-state index in [2.05, 4.69) is 31.0 Å². The Labute approximate surface area is 95.4 Å². The Morgan fingerprint density at radius 1 is 1.13 bits per heavy atom. The van der Waals surface area contributed by atoms with Gasteiger partial charge in [0.1, 0.15) is 0 Å². The molecule has 0 aromatic rings. The fourth-order valence-corrected chi connectivity index (χ4v) is 2.48. The van der Waals surface area contributed by atoms with Crippen LogP contribution in [0.4, 0.5) is 0 Å². The first-order valence-corrected chi connectivity index (χ1v) is 6.70. The molecule has 1 saturated heterocycles. The zero-order valence-corrected chi connectivity index (χ0v) is 10.8. The van der Waals surface area contributed by atoms with Crippen LogP contribution in [0.2, 0.25) is 0 Å². The van der Waals surface area contributed by atoms with Crippen LogP contribution in [0.1, 0.15) is 52.9 Å². The topological polar surface area (TPSA) is 15.3 Å². The molecule has 1 aliphatic heterocycles. The van der Waals surface area contributed by atoms with E-state index < -0.39 is 0 Å². The molecule has 0 amide bonds. The zero-order chi connectivity index (χ0) is 11.1. The molecule has 2 atom stereocenters. The number of nitrogens with zero attached hydrogens (tertiary/aromatic N) is 1. The van der Waals surface area contributed by atoms with E-state index in [9.17, 15) is 0 Å². The fourth-order valence-electron chi connectivity index (χ4n) is 2.48. The second-order valence-electron chi connectivity index (χ2n) is 5.12. The molecule has 2 unspecified atom stereocenters. The van der Waals surface area contributed by atoms with Gasteiger partial charge in [0, 0.05) is 18.6 Å². The van der Waals surface area contributed by atoms with E-state index >= 15 is 0 Å². The van der Waals surface area contributed by atoms with Crippen LogP contribution in [-0.4, -0.2) is 36.6 Å². The van der Waals surface area contributed by atoms with E-state index in [1.165, 1.54) is 51.7 Å². The maximum absolute atomic E-state index is 3.70. The minimum Gasteiger partial charge on any atom is -0.311 e. The molecule has 2 nitrogen and oxygen atoms in total. The average Bonchev–Trinajstić information content (AvgIpc) is 2.67. The van der Waals surface area contributed by atoms with Crippen molar-refractivity contribution >= 4 is 0 Å². The van der Waals surface area contributed by atoms with Crippen LogP contribution in [0.3, 0.4) is 0 Å². The molecule has 15 heavy (non-hydrogen) atoms. The lowest BCUT2D eigenvalue weighted by Crippen LogP contribution is -2.42. The normalized spacial score (nSPS) is 21.8. The van der Waals surface area contributed by atoms with Gasteiger partial charge in [0.25, 0.3) is 0 Å². The Morgan fingerprint density at radius 3 is 2.40 bits per heavy atom. The summed E-state index contributed by atoms with van der Waals surface area (Å²) >= 11 is 0. The molecular weight excluding hydrogens is 184 g/mol. The summed E-state index contributed by atoms with van der Waals surface area (Å²) in [5.41, 5.74) is 0. The molecule has 0 spiro atoms. The smallest absolute Gasteiger partial charge is 0.0169 e. The van der Waals surface area contributed by atoms with Gasteiger partial charge in [0.05, 0.1) is 0 Å². The molecule has 1 heterocycles. The molecule has 0 saturated carbocycles. The highest BCUT2D eigenvalue weighted by molar-refractivity contribution is 4.74. The number of nitrogens with one attached hydrogen (secondary N) is 1.